The number of carbonyl (C=O) groups excluding carboxylic acids is 2. The van der Waals surface area contributed by atoms with Crippen molar-refractivity contribution in [1.82, 2.24) is 10.2 Å². The third kappa shape index (κ3) is 5.66. The summed E-state index contributed by atoms with van der Waals surface area (Å²) in [6, 6.07) is 13.2. The quantitative estimate of drug-likeness (QED) is 0.564. The molecule has 0 spiro atoms. The number of carboxylic acids is 1. The molecule has 2 N–H and O–H groups in total. The van der Waals surface area contributed by atoms with Crippen LogP contribution in [0.5, 0.6) is 0 Å². The molecule has 1 aliphatic carbocycles. The first kappa shape index (κ1) is 25.0. The van der Waals surface area contributed by atoms with Gasteiger partial charge in [0.2, 0.25) is 0 Å². The van der Waals surface area contributed by atoms with Crippen molar-refractivity contribution in [3.63, 3.8) is 0 Å². The predicted molar refractivity (Wildman–Crippen MR) is 124 cm³/mol. The number of alkyl carbamates (subject to hydrolysis) is 1. The Morgan fingerprint density at radius 2 is 1.59 bits per heavy atom. The molecule has 0 fully saturated rings. The lowest BCUT2D eigenvalue weighted by molar-refractivity contribution is -0.145. The Morgan fingerprint density at radius 3 is 2.09 bits per heavy atom. The number of carbonyl (C=O) groups is 3. The molecule has 1 atom stereocenters. The summed E-state index contributed by atoms with van der Waals surface area (Å²) < 4.78 is 15.7. The molecule has 2 aromatic carbocycles. The van der Waals surface area contributed by atoms with E-state index < -0.39 is 35.8 Å². The maximum atomic E-state index is 12.9. The van der Waals surface area contributed by atoms with E-state index in [1.165, 1.54) is 12.0 Å². The summed E-state index contributed by atoms with van der Waals surface area (Å²) in [4.78, 5) is 38.1. The van der Waals surface area contributed by atoms with Gasteiger partial charge in [0.1, 0.15) is 5.60 Å². The normalized spacial score (nSPS) is 13.4. The molecular formula is C25H30N2O7. The molecule has 0 aromatic heterocycles. The molecule has 9 nitrogen and oxygen atoms in total. The van der Waals surface area contributed by atoms with Gasteiger partial charge < -0.3 is 24.6 Å². The summed E-state index contributed by atoms with van der Waals surface area (Å²) in [6.45, 7) is 5.12. The van der Waals surface area contributed by atoms with Crippen molar-refractivity contribution >= 4 is 18.2 Å². The molecule has 0 heterocycles. The fourth-order valence-corrected chi connectivity index (χ4v) is 3.95. The number of carboxylic acid groups (broad SMARTS) is 1. The van der Waals surface area contributed by atoms with E-state index in [1.807, 2.05) is 48.5 Å². The minimum absolute atomic E-state index is 0.0376. The topological polar surface area (TPSA) is 114 Å². The van der Waals surface area contributed by atoms with Gasteiger partial charge in [-0.15, -0.1) is 0 Å². The fourth-order valence-electron chi connectivity index (χ4n) is 3.95. The second kappa shape index (κ2) is 10.6. The zero-order valence-electron chi connectivity index (χ0n) is 19.7. The van der Waals surface area contributed by atoms with Crippen molar-refractivity contribution in [2.24, 2.45) is 0 Å². The van der Waals surface area contributed by atoms with Crippen LogP contribution in [0.15, 0.2) is 48.5 Å². The van der Waals surface area contributed by atoms with Crippen LogP contribution in [0.2, 0.25) is 0 Å². The lowest BCUT2D eigenvalue weighted by Crippen LogP contribution is -2.49. The Kier molecular flexibility index (Phi) is 7.78. The minimum atomic E-state index is -1.32. The molecular weight excluding hydrogens is 440 g/mol. The van der Waals surface area contributed by atoms with E-state index in [0.29, 0.717) is 0 Å². The average molecular weight is 471 g/mol. The Balaban J connectivity index is 1.78. The second-order valence-electron chi connectivity index (χ2n) is 8.81. The van der Waals surface area contributed by atoms with Gasteiger partial charge in [-0.2, -0.15) is 0 Å². The molecule has 34 heavy (non-hydrogen) atoms. The van der Waals surface area contributed by atoms with Crippen molar-refractivity contribution in [2.75, 3.05) is 26.9 Å². The lowest BCUT2D eigenvalue weighted by Gasteiger charge is -2.34. The summed E-state index contributed by atoms with van der Waals surface area (Å²) in [7, 11) is 1.21. The molecule has 0 unspecified atom stereocenters. The van der Waals surface area contributed by atoms with Gasteiger partial charge in [-0.25, -0.2) is 14.4 Å². The number of ether oxygens (including phenoxy) is 3. The average Bonchev–Trinajstić information content (AvgIpc) is 3.11. The number of hydrogen-bond donors (Lipinski definition) is 2. The number of amides is 2. The molecule has 182 valence electrons. The van der Waals surface area contributed by atoms with Gasteiger partial charge >= 0.3 is 18.2 Å². The van der Waals surface area contributed by atoms with Crippen LogP contribution in [0.1, 0.15) is 37.9 Å². The van der Waals surface area contributed by atoms with Crippen molar-refractivity contribution in [1.29, 1.82) is 0 Å². The highest BCUT2D eigenvalue weighted by Crippen LogP contribution is 2.47. The number of nitrogens with zero attached hydrogens (tertiary/aromatic N) is 1. The number of methoxy groups -OCH3 is 1. The first-order valence-electron chi connectivity index (χ1n) is 11.0. The van der Waals surface area contributed by atoms with E-state index in [-0.39, 0.29) is 19.8 Å². The molecule has 2 amide bonds. The SMILES string of the molecule is COC(=O)N(C1c2ccccc2-c2ccccc21)[C@@H](COCCNC(=O)OC(C)(C)C)C(=O)O. The number of hydrogen-bond acceptors (Lipinski definition) is 6. The third-order valence-corrected chi connectivity index (χ3v) is 5.28. The Labute approximate surface area is 198 Å². The van der Waals surface area contributed by atoms with Gasteiger partial charge in [-0.05, 0) is 43.0 Å². The van der Waals surface area contributed by atoms with Crippen LogP contribution in [0.3, 0.4) is 0 Å². The first-order valence-corrected chi connectivity index (χ1v) is 11.0. The third-order valence-electron chi connectivity index (χ3n) is 5.28. The van der Waals surface area contributed by atoms with Gasteiger partial charge in [-0.1, -0.05) is 48.5 Å². The van der Waals surface area contributed by atoms with Crippen molar-refractivity contribution < 1.29 is 33.7 Å². The van der Waals surface area contributed by atoms with Crippen molar-refractivity contribution in [3.8, 4) is 11.1 Å². The van der Waals surface area contributed by atoms with Crippen LogP contribution in [-0.2, 0) is 19.0 Å². The highest BCUT2D eigenvalue weighted by Gasteiger charge is 2.42. The predicted octanol–water partition coefficient (Wildman–Crippen LogP) is 3.82. The summed E-state index contributed by atoms with van der Waals surface area (Å²) in [5.41, 5.74) is 2.86. The molecule has 3 rings (SSSR count). The molecule has 0 saturated heterocycles. The lowest BCUT2D eigenvalue weighted by atomic mass is 10.0. The Morgan fingerprint density at radius 1 is 1.03 bits per heavy atom. The zero-order valence-corrected chi connectivity index (χ0v) is 19.7. The molecule has 0 bridgehead atoms. The van der Waals surface area contributed by atoms with Gasteiger partial charge in [0, 0.05) is 6.54 Å². The molecule has 2 aromatic rings. The van der Waals surface area contributed by atoms with E-state index in [4.69, 9.17) is 14.2 Å². The summed E-state index contributed by atoms with van der Waals surface area (Å²) in [5, 5.41) is 12.5. The Bertz CT molecular complexity index is 1000. The number of aliphatic carboxylic acids is 1. The number of nitrogens with one attached hydrogen (secondary N) is 1. The molecule has 0 saturated carbocycles. The summed E-state index contributed by atoms with van der Waals surface area (Å²) in [5.74, 6) is -1.23. The molecule has 9 heteroatoms. The summed E-state index contributed by atoms with van der Waals surface area (Å²) in [6.07, 6.45) is -1.37. The number of fused-ring (bicyclic) bond motifs is 3. The van der Waals surface area contributed by atoms with E-state index >= 15 is 0 Å². The van der Waals surface area contributed by atoms with Crippen LogP contribution < -0.4 is 5.32 Å². The zero-order chi connectivity index (χ0) is 24.9. The standard InChI is InChI=1S/C25H30N2O7/c1-25(2,3)34-23(30)26-13-14-33-15-20(22(28)29)27(24(31)32-4)21-18-11-7-5-9-16(18)17-10-6-8-12-19(17)21/h5-12,20-21H,13-15H2,1-4H3,(H,26,30)(H,28,29)/t20-/m0/s1. The van der Waals surface area contributed by atoms with Crippen LogP contribution in [0.25, 0.3) is 11.1 Å². The Hall–Kier alpha value is -3.59. The van der Waals surface area contributed by atoms with Crippen LogP contribution in [0.4, 0.5) is 9.59 Å². The largest absolute Gasteiger partial charge is 0.480 e. The van der Waals surface area contributed by atoms with E-state index in [0.717, 1.165) is 22.3 Å². The van der Waals surface area contributed by atoms with Crippen LogP contribution in [-0.4, -0.2) is 66.7 Å². The summed E-state index contributed by atoms with van der Waals surface area (Å²) >= 11 is 0. The fraction of sp³-hybridized carbons (Fsp3) is 0.400. The first-order chi connectivity index (χ1) is 16.1. The number of rotatable bonds is 8. The van der Waals surface area contributed by atoms with Gasteiger partial charge in [0.05, 0.1) is 26.4 Å². The van der Waals surface area contributed by atoms with Gasteiger partial charge in [0.25, 0.3) is 0 Å². The second-order valence-corrected chi connectivity index (χ2v) is 8.81. The molecule has 1 aliphatic rings. The molecule has 0 radical (unpaired) electrons. The van der Waals surface area contributed by atoms with Gasteiger partial charge in [0.15, 0.2) is 6.04 Å². The smallest absolute Gasteiger partial charge is 0.411 e. The van der Waals surface area contributed by atoms with Crippen LogP contribution in [0, 0.1) is 0 Å². The highest BCUT2D eigenvalue weighted by atomic mass is 16.6. The van der Waals surface area contributed by atoms with Crippen molar-refractivity contribution in [2.45, 2.75) is 38.5 Å². The van der Waals surface area contributed by atoms with E-state index in [1.54, 1.807) is 20.8 Å². The number of benzene rings is 2. The monoisotopic (exact) mass is 470 g/mol. The van der Waals surface area contributed by atoms with Crippen molar-refractivity contribution in [3.05, 3.63) is 59.7 Å². The highest BCUT2D eigenvalue weighted by molar-refractivity contribution is 5.85. The maximum Gasteiger partial charge on any atom is 0.411 e. The molecule has 0 aliphatic heterocycles. The van der Waals surface area contributed by atoms with E-state index in [9.17, 15) is 19.5 Å². The van der Waals surface area contributed by atoms with Crippen LogP contribution >= 0.6 is 0 Å². The van der Waals surface area contributed by atoms with Gasteiger partial charge in [-0.3, -0.25) is 4.90 Å². The minimum Gasteiger partial charge on any atom is -0.480 e. The maximum absolute atomic E-state index is 12.9. The van der Waals surface area contributed by atoms with E-state index in [2.05, 4.69) is 5.32 Å².